The van der Waals surface area contributed by atoms with Crippen LogP contribution in [0.1, 0.15) is 5.69 Å². The molecule has 0 atom stereocenters. The molecule has 0 unspecified atom stereocenters. The number of thioether (sulfide) groups is 1. The Balaban J connectivity index is 2.75. The third-order valence-corrected chi connectivity index (χ3v) is 2.15. The summed E-state index contributed by atoms with van der Waals surface area (Å²) in [5.74, 6) is 0.986. The van der Waals surface area contributed by atoms with Gasteiger partial charge in [-0.1, -0.05) is 15.9 Å². The van der Waals surface area contributed by atoms with Gasteiger partial charge in [0.15, 0.2) is 0 Å². The highest BCUT2D eigenvalue weighted by molar-refractivity contribution is 9.10. The largest absolute Gasteiger partial charge is 0.260 e. The maximum atomic E-state index is 4.18. The molecule has 0 spiro atoms. The number of rotatable bonds is 2. The van der Waals surface area contributed by atoms with Crippen LogP contribution in [0.15, 0.2) is 22.8 Å². The van der Waals surface area contributed by atoms with Crippen molar-refractivity contribution in [2.75, 3.05) is 6.26 Å². The lowest BCUT2D eigenvalue weighted by atomic mass is 10.4. The van der Waals surface area contributed by atoms with Gasteiger partial charge in [-0.25, -0.2) is 0 Å². The molecular formula is C7H8BrNS. The van der Waals surface area contributed by atoms with Crippen molar-refractivity contribution in [2.45, 2.75) is 5.75 Å². The lowest BCUT2D eigenvalue weighted by Crippen LogP contribution is -1.83. The molecule has 0 saturated heterocycles. The monoisotopic (exact) mass is 217 g/mol. The molecule has 0 aromatic carbocycles. The van der Waals surface area contributed by atoms with E-state index in [1.807, 2.05) is 18.3 Å². The van der Waals surface area contributed by atoms with Crippen molar-refractivity contribution in [3.63, 3.8) is 0 Å². The van der Waals surface area contributed by atoms with Gasteiger partial charge in [-0.3, -0.25) is 4.98 Å². The average molecular weight is 218 g/mol. The summed E-state index contributed by atoms with van der Waals surface area (Å²) in [6, 6.07) is 3.97. The van der Waals surface area contributed by atoms with Gasteiger partial charge in [-0.2, -0.15) is 11.8 Å². The number of hydrogen-bond donors (Lipinski definition) is 0. The van der Waals surface area contributed by atoms with Crippen molar-refractivity contribution < 1.29 is 0 Å². The summed E-state index contributed by atoms with van der Waals surface area (Å²) in [5.41, 5.74) is 1.13. The Kier molecular flexibility index (Phi) is 3.22. The molecule has 0 radical (unpaired) electrons. The number of nitrogens with zero attached hydrogens (tertiary/aromatic N) is 1. The van der Waals surface area contributed by atoms with Crippen LogP contribution in [-0.4, -0.2) is 11.2 Å². The summed E-state index contributed by atoms with van der Waals surface area (Å²) in [6.45, 7) is 0. The Hall–Kier alpha value is -0.0200. The van der Waals surface area contributed by atoms with Crippen molar-refractivity contribution in [2.24, 2.45) is 0 Å². The highest BCUT2D eigenvalue weighted by Crippen LogP contribution is 2.12. The molecule has 1 rings (SSSR count). The lowest BCUT2D eigenvalue weighted by Gasteiger charge is -1.95. The molecule has 0 fully saturated rings. The van der Waals surface area contributed by atoms with E-state index in [0.717, 1.165) is 15.9 Å². The van der Waals surface area contributed by atoms with Gasteiger partial charge in [0, 0.05) is 16.4 Å². The fraction of sp³-hybridized carbons (Fsp3) is 0.286. The zero-order valence-electron chi connectivity index (χ0n) is 5.67. The molecule has 3 heteroatoms. The highest BCUT2D eigenvalue weighted by Gasteiger charge is 1.91. The molecule has 0 aliphatic heterocycles. The van der Waals surface area contributed by atoms with Gasteiger partial charge in [0.25, 0.3) is 0 Å². The molecular weight excluding hydrogens is 210 g/mol. The van der Waals surface area contributed by atoms with Crippen LogP contribution in [0.2, 0.25) is 0 Å². The highest BCUT2D eigenvalue weighted by atomic mass is 79.9. The second-order valence-corrected chi connectivity index (χ2v) is 3.68. The Labute approximate surface area is 73.4 Å². The summed E-state index contributed by atoms with van der Waals surface area (Å²) in [6.07, 6.45) is 3.89. The second kappa shape index (κ2) is 3.98. The topological polar surface area (TPSA) is 12.9 Å². The molecule has 0 aliphatic rings. The lowest BCUT2D eigenvalue weighted by molar-refractivity contribution is 1.17. The molecule has 0 aliphatic carbocycles. The average Bonchev–Trinajstić information content (AvgIpc) is 1.88. The smallest absolute Gasteiger partial charge is 0.0513 e. The molecule has 1 aromatic heterocycles. The van der Waals surface area contributed by atoms with E-state index in [4.69, 9.17) is 0 Å². The minimum Gasteiger partial charge on any atom is -0.260 e. The normalized spacial score (nSPS) is 9.80. The van der Waals surface area contributed by atoms with Crippen LogP contribution in [0.4, 0.5) is 0 Å². The number of pyridine rings is 1. The Bertz CT molecular complexity index is 215. The first-order valence-corrected chi connectivity index (χ1v) is 5.11. The predicted molar refractivity (Wildman–Crippen MR) is 49.2 cm³/mol. The summed E-state index contributed by atoms with van der Waals surface area (Å²) in [4.78, 5) is 4.18. The Morgan fingerprint density at radius 1 is 1.70 bits per heavy atom. The molecule has 1 nitrogen and oxygen atoms in total. The van der Waals surface area contributed by atoms with E-state index in [1.54, 1.807) is 11.8 Å². The van der Waals surface area contributed by atoms with E-state index in [9.17, 15) is 0 Å². The Morgan fingerprint density at radius 3 is 3.10 bits per heavy atom. The molecule has 0 N–H and O–H groups in total. The summed E-state index contributed by atoms with van der Waals surface area (Å²) >= 11 is 5.16. The number of hydrogen-bond acceptors (Lipinski definition) is 2. The van der Waals surface area contributed by atoms with Gasteiger partial charge >= 0.3 is 0 Å². The van der Waals surface area contributed by atoms with Crippen LogP contribution in [0, 0.1) is 0 Å². The zero-order valence-corrected chi connectivity index (χ0v) is 8.08. The van der Waals surface area contributed by atoms with Gasteiger partial charge in [0.05, 0.1) is 5.69 Å². The summed E-state index contributed by atoms with van der Waals surface area (Å²) in [7, 11) is 0. The molecule has 0 saturated carbocycles. The fourth-order valence-corrected chi connectivity index (χ4v) is 1.51. The van der Waals surface area contributed by atoms with Crippen LogP contribution in [0.5, 0.6) is 0 Å². The molecule has 0 amide bonds. The minimum atomic E-state index is 0.986. The first kappa shape index (κ1) is 8.08. The quantitative estimate of drug-likeness (QED) is 0.756. The van der Waals surface area contributed by atoms with Crippen LogP contribution in [0.3, 0.4) is 0 Å². The number of aromatic nitrogens is 1. The van der Waals surface area contributed by atoms with E-state index in [0.29, 0.717) is 0 Å². The fourth-order valence-electron chi connectivity index (χ4n) is 0.676. The SMILES string of the molecule is CSCc1cc(Br)ccn1. The van der Waals surface area contributed by atoms with Crippen molar-refractivity contribution in [1.29, 1.82) is 0 Å². The molecule has 1 heterocycles. The minimum absolute atomic E-state index is 0.986. The second-order valence-electron chi connectivity index (χ2n) is 1.90. The van der Waals surface area contributed by atoms with Gasteiger partial charge in [-0.15, -0.1) is 0 Å². The van der Waals surface area contributed by atoms with Crippen molar-refractivity contribution >= 4 is 27.7 Å². The van der Waals surface area contributed by atoms with Crippen LogP contribution in [-0.2, 0) is 5.75 Å². The standard InChI is InChI=1S/C7H8BrNS/c1-10-5-7-4-6(8)2-3-9-7/h2-4H,5H2,1H3. The number of halogens is 1. The predicted octanol–water partition coefficient (Wildman–Crippen LogP) is 2.71. The summed E-state index contributed by atoms with van der Waals surface area (Å²) < 4.78 is 1.10. The van der Waals surface area contributed by atoms with E-state index in [1.165, 1.54) is 0 Å². The maximum absolute atomic E-state index is 4.18. The van der Waals surface area contributed by atoms with Gasteiger partial charge < -0.3 is 0 Å². The van der Waals surface area contributed by atoms with Crippen molar-refractivity contribution in [3.8, 4) is 0 Å². The van der Waals surface area contributed by atoms with Crippen LogP contribution < -0.4 is 0 Å². The van der Waals surface area contributed by atoms with Gasteiger partial charge in [-0.05, 0) is 18.4 Å². The zero-order chi connectivity index (χ0) is 7.40. The van der Waals surface area contributed by atoms with Crippen LogP contribution >= 0.6 is 27.7 Å². The summed E-state index contributed by atoms with van der Waals surface area (Å²) in [5, 5.41) is 0. The van der Waals surface area contributed by atoms with E-state index in [2.05, 4.69) is 27.2 Å². The Morgan fingerprint density at radius 2 is 2.50 bits per heavy atom. The van der Waals surface area contributed by atoms with E-state index in [-0.39, 0.29) is 0 Å². The third kappa shape index (κ3) is 2.31. The van der Waals surface area contributed by atoms with Crippen molar-refractivity contribution in [3.05, 3.63) is 28.5 Å². The molecule has 10 heavy (non-hydrogen) atoms. The van der Waals surface area contributed by atoms with E-state index >= 15 is 0 Å². The first-order chi connectivity index (χ1) is 4.83. The third-order valence-electron chi connectivity index (χ3n) is 1.07. The molecule has 1 aromatic rings. The van der Waals surface area contributed by atoms with Crippen molar-refractivity contribution in [1.82, 2.24) is 4.98 Å². The first-order valence-electron chi connectivity index (χ1n) is 2.92. The van der Waals surface area contributed by atoms with Gasteiger partial charge in [0.2, 0.25) is 0 Å². The molecule has 54 valence electrons. The van der Waals surface area contributed by atoms with Crippen LogP contribution in [0.25, 0.3) is 0 Å². The molecule has 0 bridgehead atoms. The van der Waals surface area contributed by atoms with E-state index < -0.39 is 0 Å². The maximum Gasteiger partial charge on any atom is 0.0513 e. The van der Waals surface area contributed by atoms with Gasteiger partial charge in [0.1, 0.15) is 0 Å².